The van der Waals surface area contributed by atoms with Gasteiger partial charge in [-0.15, -0.1) is 0 Å². The summed E-state index contributed by atoms with van der Waals surface area (Å²) in [7, 11) is 0. The zero-order valence-corrected chi connectivity index (χ0v) is 14.7. The van der Waals surface area contributed by atoms with Crippen LogP contribution in [-0.4, -0.2) is 29.2 Å². The van der Waals surface area contributed by atoms with E-state index < -0.39 is 0 Å². The first kappa shape index (κ1) is 16.8. The SMILES string of the molecule is CC1C(Cc2ccc(Cl)cc2Cl)C(=O)CCC1N1CCCC1=O. The van der Waals surface area contributed by atoms with E-state index in [9.17, 15) is 9.59 Å². The van der Waals surface area contributed by atoms with Crippen LogP contribution in [0.5, 0.6) is 0 Å². The maximum atomic E-state index is 12.5. The van der Waals surface area contributed by atoms with Gasteiger partial charge < -0.3 is 4.90 Å². The lowest BCUT2D eigenvalue weighted by atomic mass is 9.73. The van der Waals surface area contributed by atoms with Crippen LogP contribution in [-0.2, 0) is 16.0 Å². The van der Waals surface area contributed by atoms with E-state index in [1.165, 1.54) is 0 Å². The third kappa shape index (κ3) is 3.41. The van der Waals surface area contributed by atoms with Gasteiger partial charge in [-0.1, -0.05) is 36.2 Å². The van der Waals surface area contributed by atoms with Crippen LogP contribution in [0.25, 0.3) is 0 Å². The molecular formula is C18H21Cl2NO2. The van der Waals surface area contributed by atoms with Crippen molar-refractivity contribution in [3.63, 3.8) is 0 Å². The van der Waals surface area contributed by atoms with Crippen LogP contribution in [0.3, 0.4) is 0 Å². The second-order valence-corrected chi connectivity index (χ2v) is 7.51. The molecule has 0 radical (unpaired) electrons. The average molecular weight is 354 g/mol. The van der Waals surface area contributed by atoms with Crippen LogP contribution in [0.15, 0.2) is 18.2 Å². The number of benzene rings is 1. The molecular weight excluding hydrogens is 333 g/mol. The molecule has 3 nitrogen and oxygen atoms in total. The van der Waals surface area contributed by atoms with E-state index in [-0.39, 0.29) is 29.6 Å². The van der Waals surface area contributed by atoms with Crippen molar-refractivity contribution in [3.8, 4) is 0 Å². The summed E-state index contributed by atoms with van der Waals surface area (Å²) < 4.78 is 0. The Balaban J connectivity index is 1.79. The number of rotatable bonds is 3. The minimum Gasteiger partial charge on any atom is -0.339 e. The van der Waals surface area contributed by atoms with Gasteiger partial charge in [-0.2, -0.15) is 0 Å². The van der Waals surface area contributed by atoms with E-state index in [0.717, 1.165) is 24.9 Å². The molecule has 1 aromatic carbocycles. The topological polar surface area (TPSA) is 37.4 Å². The molecule has 3 unspecified atom stereocenters. The Bertz CT molecular complexity index is 631. The van der Waals surface area contributed by atoms with Crippen LogP contribution >= 0.6 is 23.2 Å². The lowest BCUT2D eigenvalue weighted by molar-refractivity contribution is -0.137. The van der Waals surface area contributed by atoms with Gasteiger partial charge in [-0.25, -0.2) is 0 Å². The standard InChI is InChI=1S/C18H21Cl2NO2/c1-11-14(9-12-4-5-13(19)10-15(12)20)17(22)7-6-16(11)21-8-2-3-18(21)23/h4-5,10-11,14,16H,2-3,6-9H2,1H3. The van der Waals surface area contributed by atoms with Gasteiger partial charge in [0, 0.05) is 41.4 Å². The molecule has 2 aliphatic rings. The average Bonchev–Trinajstić information content (AvgIpc) is 2.91. The van der Waals surface area contributed by atoms with Crippen molar-refractivity contribution >= 4 is 34.9 Å². The number of hydrogen-bond acceptors (Lipinski definition) is 2. The summed E-state index contributed by atoms with van der Waals surface area (Å²) in [5.41, 5.74) is 0.953. The van der Waals surface area contributed by atoms with E-state index in [1.807, 2.05) is 17.0 Å². The van der Waals surface area contributed by atoms with E-state index in [4.69, 9.17) is 23.2 Å². The number of nitrogens with zero attached hydrogens (tertiary/aromatic N) is 1. The van der Waals surface area contributed by atoms with Gasteiger partial charge in [0.15, 0.2) is 0 Å². The number of carbonyl (C=O) groups excluding carboxylic acids is 2. The Morgan fingerprint density at radius 2 is 2.00 bits per heavy atom. The van der Waals surface area contributed by atoms with E-state index >= 15 is 0 Å². The predicted molar refractivity (Wildman–Crippen MR) is 91.8 cm³/mol. The number of halogens is 2. The monoisotopic (exact) mass is 353 g/mol. The van der Waals surface area contributed by atoms with Gasteiger partial charge in [0.1, 0.15) is 5.78 Å². The number of likely N-dealkylation sites (tertiary alicyclic amines) is 1. The van der Waals surface area contributed by atoms with Crippen molar-refractivity contribution in [2.45, 2.75) is 45.1 Å². The number of amides is 1. The first-order chi connectivity index (χ1) is 11.0. The second-order valence-electron chi connectivity index (χ2n) is 6.67. The molecule has 5 heteroatoms. The first-order valence-electron chi connectivity index (χ1n) is 8.23. The summed E-state index contributed by atoms with van der Waals surface area (Å²) >= 11 is 12.2. The molecule has 0 bridgehead atoms. The quantitative estimate of drug-likeness (QED) is 0.818. The van der Waals surface area contributed by atoms with Gasteiger partial charge in [-0.3, -0.25) is 9.59 Å². The summed E-state index contributed by atoms with van der Waals surface area (Å²) in [4.78, 5) is 26.5. The highest BCUT2D eigenvalue weighted by atomic mass is 35.5. The van der Waals surface area contributed by atoms with Gasteiger partial charge in [-0.05, 0) is 42.9 Å². The Morgan fingerprint density at radius 3 is 2.65 bits per heavy atom. The third-order valence-corrected chi connectivity index (χ3v) is 5.89. The second kappa shape index (κ2) is 6.82. The molecule has 0 spiro atoms. The highest BCUT2D eigenvalue weighted by Gasteiger charge is 2.41. The summed E-state index contributed by atoms with van der Waals surface area (Å²) in [6, 6.07) is 5.61. The Kier molecular flexibility index (Phi) is 4.98. The van der Waals surface area contributed by atoms with E-state index in [2.05, 4.69) is 6.92 Å². The maximum Gasteiger partial charge on any atom is 0.222 e. The number of Topliss-reactive ketones (excluding diaryl/α,β-unsaturated/α-hetero) is 1. The minimum absolute atomic E-state index is 0.0826. The van der Waals surface area contributed by atoms with Gasteiger partial charge in [0.25, 0.3) is 0 Å². The third-order valence-electron chi connectivity index (χ3n) is 5.31. The largest absolute Gasteiger partial charge is 0.339 e. The van der Waals surface area contributed by atoms with Gasteiger partial charge in [0.2, 0.25) is 5.91 Å². The van der Waals surface area contributed by atoms with Crippen molar-refractivity contribution in [1.82, 2.24) is 4.90 Å². The Hall–Kier alpha value is -1.06. The smallest absolute Gasteiger partial charge is 0.222 e. The molecule has 3 rings (SSSR count). The zero-order valence-electron chi connectivity index (χ0n) is 13.2. The zero-order chi connectivity index (χ0) is 16.6. The van der Waals surface area contributed by atoms with E-state index in [1.54, 1.807) is 6.07 Å². The molecule has 1 heterocycles. The molecule has 1 saturated heterocycles. The summed E-state index contributed by atoms with van der Waals surface area (Å²) in [5.74, 6) is 0.594. The maximum absolute atomic E-state index is 12.5. The molecule has 3 atom stereocenters. The number of hydrogen-bond donors (Lipinski definition) is 0. The summed E-state index contributed by atoms with van der Waals surface area (Å²) in [5, 5.41) is 1.21. The van der Waals surface area contributed by atoms with Crippen LogP contribution in [0, 0.1) is 11.8 Å². The van der Waals surface area contributed by atoms with Gasteiger partial charge >= 0.3 is 0 Å². The van der Waals surface area contributed by atoms with Crippen molar-refractivity contribution in [2.75, 3.05) is 6.54 Å². The highest BCUT2D eigenvalue weighted by Crippen LogP contribution is 2.36. The molecule has 0 aromatic heterocycles. The highest BCUT2D eigenvalue weighted by molar-refractivity contribution is 6.35. The van der Waals surface area contributed by atoms with Gasteiger partial charge in [0.05, 0.1) is 0 Å². The predicted octanol–water partition coefficient (Wildman–Crippen LogP) is 4.14. The Labute approximate surface area is 146 Å². The fourth-order valence-electron chi connectivity index (χ4n) is 3.98. The van der Waals surface area contributed by atoms with Crippen LogP contribution in [0.2, 0.25) is 10.0 Å². The Morgan fingerprint density at radius 1 is 1.22 bits per heavy atom. The van der Waals surface area contributed by atoms with Crippen LogP contribution in [0.4, 0.5) is 0 Å². The summed E-state index contributed by atoms with van der Waals surface area (Å²) in [6.07, 6.45) is 3.54. The molecule has 0 N–H and O–H groups in total. The fraction of sp³-hybridized carbons (Fsp3) is 0.556. The lowest BCUT2D eigenvalue weighted by Crippen LogP contribution is -2.48. The molecule has 1 aromatic rings. The molecule has 1 amide bonds. The molecule has 1 saturated carbocycles. The van der Waals surface area contributed by atoms with Crippen LogP contribution < -0.4 is 0 Å². The van der Waals surface area contributed by atoms with Crippen molar-refractivity contribution < 1.29 is 9.59 Å². The molecule has 1 aliphatic heterocycles. The molecule has 23 heavy (non-hydrogen) atoms. The fourth-order valence-corrected chi connectivity index (χ4v) is 4.47. The van der Waals surface area contributed by atoms with Crippen molar-refractivity contribution in [1.29, 1.82) is 0 Å². The lowest BCUT2D eigenvalue weighted by Gasteiger charge is -2.40. The van der Waals surface area contributed by atoms with Crippen molar-refractivity contribution in [2.24, 2.45) is 11.8 Å². The number of carbonyl (C=O) groups is 2. The normalized spacial score (nSPS) is 28.5. The number of ketones is 1. The van der Waals surface area contributed by atoms with Crippen molar-refractivity contribution in [3.05, 3.63) is 33.8 Å². The molecule has 124 valence electrons. The van der Waals surface area contributed by atoms with Crippen LogP contribution in [0.1, 0.15) is 38.2 Å². The summed E-state index contributed by atoms with van der Waals surface area (Å²) in [6.45, 7) is 2.93. The molecule has 1 aliphatic carbocycles. The first-order valence-corrected chi connectivity index (χ1v) is 8.99. The van der Waals surface area contributed by atoms with E-state index in [0.29, 0.717) is 29.3 Å². The minimum atomic E-state index is -0.0826. The molecule has 2 fully saturated rings.